The molecule has 0 N–H and O–H groups in total. The zero-order chi connectivity index (χ0) is 14.7. The van der Waals surface area contributed by atoms with Crippen LogP contribution in [0.5, 0.6) is 0 Å². The molecule has 1 saturated heterocycles. The molecule has 2 unspecified atom stereocenters. The largest absolute Gasteiger partial charge is 0.377 e. The van der Waals surface area contributed by atoms with Crippen molar-refractivity contribution in [3.8, 4) is 0 Å². The molecule has 1 aliphatic rings. The van der Waals surface area contributed by atoms with Gasteiger partial charge in [-0.25, -0.2) is 0 Å². The highest BCUT2D eigenvalue weighted by Crippen LogP contribution is 2.22. The Morgan fingerprint density at radius 2 is 1.95 bits per heavy atom. The van der Waals surface area contributed by atoms with Crippen LogP contribution in [0.15, 0.2) is 18.2 Å². The van der Waals surface area contributed by atoms with E-state index in [2.05, 4.69) is 4.90 Å². The minimum absolute atomic E-state index is 0.0112. The first kappa shape index (κ1) is 14.8. The van der Waals surface area contributed by atoms with Gasteiger partial charge in [0.2, 0.25) is 5.82 Å². The highest BCUT2D eigenvalue weighted by atomic mass is 19.1. The molecule has 1 aliphatic heterocycles. The van der Waals surface area contributed by atoms with Crippen molar-refractivity contribution in [2.45, 2.75) is 18.8 Å². The van der Waals surface area contributed by atoms with E-state index in [1.54, 1.807) is 20.3 Å². The summed E-state index contributed by atoms with van der Waals surface area (Å²) in [5.41, 5.74) is 0.194. The van der Waals surface area contributed by atoms with Crippen LogP contribution in [0.2, 0.25) is 0 Å². The van der Waals surface area contributed by atoms with Crippen molar-refractivity contribution in [3.05, 3.63) is 39.7 Å². The first-order valence-corrected chi connectivity index (χ1v) is 6.26. The molecule has 0 radical (unpaired) electrons. The van der Waals surface area contributed by atoms with E-state index in [0.29, 0.717) is 25.2 Å². The summed E-state index contributed by atoms with van der Waals surface area (Å²) >= 11 is 0. The van der Waals surface area contributed by atoms with Crippen LogP contribution in [-0.2, 0) is 16.0 Å². The lowest BCUT2D eigenvalue weighted by atomic mass is 10.2. The van der Waals surface area contributed by atoms with Crippen molar-refractivity contribution in [2.75, 3.05) is 27.3 Å². The van der Waals surface area contributed by atoms with Gasteiger partial charge < -0.3 is 9.47 Å². The van der Waals surface area contributed by atoms with Crippen LogP contribution < -0.4 is 0 Å². The molecular formula is C13H17FN2O4. The second-order valence-corrected chi connectivity index (χ2v) is 4.79. The lowest BCUT2D eigenvalue weighted by Gasteiger charge is -2.15. The molecule has 2 atom stereocenters. The fourth-order valence-electron chi connectivity index (χ4n) is 2.46. The Balaban J connectivity index is 2.04. The second kappa shape index (κ2) is 6.25. The van der Waals surface area contributed by atoms with E-state index in [1.807, 2.05) is 0 Å². The summed E-state index contributed by atoms with van der Waals surface area (Å²) in [6.07, 6.45) is -0.0224. The van der Waals surface area contributed by atoms with Crippen molar-refractivity contribution in [2.24, 2.45) is 0 Å². The van der Waals surface area contributed by atoms with Gasteiger partial charge in [0, 0.05) is 39.9 Å². The standard InChI is InChI=1S/C13H17FN2O4/c1-19-12-7-15(8-13(12)20-2)6-9-3-4-11(16(17)18)10(14)5-9/h3-5,12-13H,6-8H2,1-2H3. The number of benzene rings is 1. The molecule has 0 bridgehead atoms. The highest BCUT2D eigenvalue weighted by molar-refractivity contribution is 5.35. The molecule has 0 aliphatic carbocycles. The van der Waals surface area contributed by atoms with E-state index in [0.717, 1.165) is 0 Å². The van der Waals surface area contributed by atoms with E-state index >= 15 is 0 Å². The molecule has 2 rings (SSSR count). The summed E-state index contributed by atoms with van der Waals surface area (Å²) in [6.45, 7) is 1.88. The maximum Gasteiger partial charge on any atom is 0.304 e. The number of ether oxygens (including phenoxy) is 2. The Hall–Kier alpha value is -1.57. The number of hydrogen-bond donors (Lipinski definition) is 0. The quantitative estimate of drug-likeness (QED) is 0.606. The van der Waals surface area contributed by atoms with Crippen molar-refractivity contribution in [1.82, 2.24) is 4.90 Å². The summed E-state index contributed by atoms with van der Waals surface area (Å²) in [5.74, 6) is -0.807. The molecule has 20 heavy (non-hydrogen) atoms. The van der Waals surface area contributed by atoms with Crippen molar-refractivity contribution in [1.29, 1.82) is 0 Å². The molecule has 0 spiro atoms. The minimum Gasteiger partial charge on any atom is -0.377 e. The molecule has 1 aromatic rings. The van der Waals surface area contributed by atoms with Gasteiger partial charge in [-0.05, 0) is 11.6 Å². The zero-order valence-corrected chi connectivity index (χ0v) is 11.4. The van der Waals surface area contributed by atoms with Crippen molar-refractivity contribution >= 4 is 5.69 Å². The van der Waals surface area contributed by atoms with Crippen LogP contribution in [0.4, 0.5) is 10.1 Å². The van der Waals surface area contributed by atoms with E-state index in [4.69, 9.17) is 9.47 Å². The maximum absolute atomic E-state index is 13.6. The van der Waals surface area contributed by atoms with Crippen LogP contribution in [-0.4, -0.2) is 49.3 Å². The van der Waals surface area contributed by atoms with E-state index in [1.165, 1.54) is 12.1 Å². The average Bonchev–Trinajstić information content (AvgIpc) is 2.80. The molecule has 0 saturated carbocycles. The lowest BCUT2D eigenvalue weighted by Crippen LogP contribution is -2.27. The predicted octanol–water partition coefficient (Wildman–Crippen LogP) is 1.58. The van der Waals surface area contributed by atoms with Gasteiger partial charge >= 0.3 is 5.69 Å². The normalized spacial score (nSPS) is 23.1. The summed E-state index contributed by atoms with van der Waals surface area (Å²) in [6, 6.07) is 3.98. The predicted molar refractivity (Wildman–Crippen MR) is 69.9 cm³/mol. The van der Waals surface area contributed by atoms with Gasteiger partial charge in [-0.2, -0.15) is 4.39 Å². The van der Waals surface area contributed by atoms with Gasteiger partial charge in [-0.3, -0.25) is 15.0 Å². The molecule has 6 nitrogen and oxygen atoms in total. The highest BCUT2D eigenvalue weighted by Gasteiger charge is 2.32. The number of likely N-dealkylation sites (tertiary alicyclic amines) is 1. The first-order valence-electron chi connectivity index (χ1n) is 6.26. The summed E-state index contributed by atoms with van der Waals surface area (Å²) < 4.78 is 24.2. The Bertz CT molecular complexity index is 485. The molecular weight excluding hydrogens is 267 g/mol. The number of nitro groups is 1. The van der Waals surface area contributed by atoms with E-state index < -0.39 is 16.4 Å². The Kier molecular flexibility index (Phi) is 4.64. The smallest absolute Gasteiger partial charge is 0.304 e. The zero-order valence-electron chi connectivity index (χ0n) is 11.4. The van der Waals surface area contributed by atoms with Crippen molar-refractivity contribution in [3.63, 3.8) is 0 Å². The molecule has 1 aromatic carbocycles. The van der Waals surface area contributed by atoms with Gasteiger partial charge in [-0.15, -0.1) is 0 Å². The number of nitrogens with zero attached hydrogens (tertiary/aromatic N) is 2. The summed E-state index contributed by atoms with van der Waals surface area (Å²) in [7, 11) is 3.26. The number of rotatable bonds is 5. The minimum atomic E-state index is -0.807. The maximum atomic E-state index is 13.6. The molecule has 7 heteroatoms. The Morgan fingerprint density at radius 3 is 2.40 bits per heavy atom. The number of halogens is 1. The van der Waals surface area contributed by atoms with Crippen LogP contribution in [0.3, 0.4) is 0 Å². The lowest BCUT2D eigenvalue weighted by molar-refractivity contribution is -0.387. The Morgan fingerprint density at radius 1 is 1.35 bits per heavy atom. The van der Waals surface area contributed by atoms with Crippen LogP contribution in [0.1, 0.15) is 5.56 Å². The Labute approximate surface area is 116 Å². The van der Waals surface area contributed by atoms with Crippen LogP contribution >= 0.6 is 0 Å². The van der Waals surface area contributed by atoms with Crippen molar-refractivity contribution < 1.29 is 18.8 Å². The molecule has 1 fully saturated rings. The molecule has 110 valence electrons. The van der Waals surface area contributed by atoms with Crippen LogP contribution in [0.25, 0.3) is 0 Å². The van der Waals surface area contributed by atoms with Gasteiger partial charge in [0.1, 0.15) is 0 Å². The third kappa shape index (κ3) is 3.12. The first-order chi connectivity index (χ1) is 9.55. The monoisotopic (exact) mass is 284 g/mol. The fraction of sp³-hybridized carbons (Fsp3) is 0.538. The van der Waals surface area contributed by atoms with E-state index in [9.17, 15) is 14.5 Å². The molecule has 0 aromatic heterocycles. The SMILES string of the molecule is COC1CN(Cc2ccc([N+](=O)[O-])c(F)c2)CC1OC. The van der Waals surface area contributed by atoms with Gasteiger partial charge in [0.15, 0.2) is 0 Å². The number of nitro benzene ring substituents is 1. The third-order valence-electron chi connectivity index (χ3n) is 3.51. The summed E-state index contributed by atoms with van der Waals surface area (Å²) in [4.78, 5) is 11.9. The number of hydrogen-bond acceptors (Lipinski definition) is 5. The summed E-state index contributed by atoms with van der Waals surface area (Å²) in [5, 5.41) is 10.6. The molecule has 0 amide bonds. The average molecular weight is 284 g/mol. The van der Waals surface area contributed by atoms with E-state index in [-0.39, 0.29) is 12.2 Å². The van der Waals surface area contributed by atoms with Gasteiger partial charge in [0.05, 0.1) is 17.1 Å². The van der Waals surface area contributed by atoms with Crippen LogP contribution in [0, 0.1) is 15.9 Å². The topological polar surface area (TPSA) is 64.8 Å². The second-order valence-electron chi connectivity index (χ2n) is 4.79. The third-order valence-corrected chi connectivity index (χ3v) is 3.51. The number of methoxy groups -OCH3 is 2. The van der Waals surface area contributed by atoms with Gasteiger partial charge in [-0.1, -0.05) is 6.07 Å². The van der Waals surface area contributed by atoms with Gasteiger partial charge in [0.25, 0.3) is 0 Å². The fourth-order valence-corrected chi connectivity index (χ4v) is 2.46. The molecule has 1 heterocycles.